The highest BCUT2D eigenvalue weighted by Crippen LogP contribution is 2.39. The number of anilines is 2. The number of carbonyl (C=O) groups is 3. The Hall–Kier alpha value is -4.07. The fraction of sp³-hybridized carbons (Fsp3) is 0.483. The van der Waals surface area contributed by atoms with Gasteiger partial charge < -0.3 is 20.4 Å². The van der Waals surface area contributed by atoms with Crippen LogP contribution >= 0.6 is 0 Å². The zero-order chi connectivity index (χ0) is 31.1. The first-order chi connectivity index (χ1) is 20.3. The normalized spacial score (nSPS) is 24.9. The van der Waals surface area contributed by atoms with Crippen LogP contribution in [0.1, 0.15) is 36.3 Å². The SMILES string of the molecule is C[C@@H]1CN(c2cc(F)c(C3=CCN(C(=O)c4cnccn4)C3)cc2NC(=O)C2CNC(=O)CC2C(F)(F)F)C[C@H](C)N1C. The van der Waals surface area contributed by atoms with Gasteiger partial charge in [-0.15, -0.1) is 0 Å². The standard InChI is InChI=1S/C29H33F4N7O3/c1-16-13-40(14-17(2)38(16)3)25-10-22(30)19(18-4-7-39(15-18)28(43)24-12-34-5-6-35-24)8-23(25)37-27(42)20-11-36-26(41)9-21(20)29(31,32)33/h4-6,8,10,12,16-17,20-21H,7,9,11,13-15H2,1-3H3,(H,36,41)(H,37,42)/t16-,17+,20?,21?. The minimum Gasteiger partial charge on any atom is -0.367 e. The molecule has 3 amide bonds. The summed E-state index contributed by atoms with van der Waals surface area (Å²) in [5.74, 6) is -6.38. The summed E-state index contributed by atoms with van der Waals surface area (Å²) in [4.78, 5) is 51.5. The van der Waals surface area contributed by atoms with E-state index in [0.29, 0.717) is 24.4 Å². The first-order valence-electron chi connectivity index (χ1n) is 14.0. The molecule has 0 aliphatic carbocycles. The summed E-state index contributed by atoms with van der Waals surface area (Å²) in [6.45, 7) is 4.80. The number of nitrogens with one attached hydrogen (secondary N) is 2. The average Bonchev–Trinajstić information content (AvgIpc) is 3.46. The van der Waals surface area contributed by atoms with Crippen LogP contribution in [0.15, 0.2) is 36.8 Å². The largest absolute Gasteiger partial charge is 0.393 e. The summed E-state index contributed by atoms with van der Waals surface area (Å²) >= 11 is 0. The Labute approximate surface area is 246 Å². The Morgan fingerprint density at radius 1 is 1.12 bits per heavy atom. The van der Waals surface area contributed by atoms with Gasteiger partial charge >= 0.3 is 6.18 Å². The lowest BCUT2D eigenvalue weighted by atomic mass is 9.84. The number of aromatic nitrogens is 2. The lowest BCUT2D eigenvalue weighted by molar-refractivity contribution is -0.197. The van der Waals surface area contributed by atoms with Crippen molar-refractivity contribution in [3.05, 3.63) is 53.9 Å². The quantitative estimate of drug-likeness (QED) is 0.506. The lowest BCUT2D eigenvalue weighted by Gasteiger charge is -2.44. The molecule has 0 saturated carbocycles. The molecule has 2 saturated heterocycles. The first kappa shape index (κ1) is 30.4. The minimum atomic E-state index is -4.76. The molecule has 5 rings (SSSR count). The van der Waals surface area contributed by atoms with Crippen LogP contribution in [-0.4, -0.2) is 95.5 Å². The number of piperazine rings is 1. The molecule has 14 heteroatoms. The summed E-state index contributed by atoms with van der Waals surface area (Å²) in [7, 11) is 1.98. The van der Waals surface area contributed by atoms with Crippen molar-refractivity contribution in [1.29, 1.82) is 0 Å². The van der Waals surface area contributed by atoms with Gasteiger partial charge in [-0.25, -0.2) is 9.37 Å². The first-order valence-corrected chi connectivity index (χ1v) is 14.0. The van der Waals surface area contributed by atoms with Crippen molar-refractivity contribution in [2.75, 3.05) is 50.0 Å². The van der Waals surface area contributed by atoms with E-state index >= 15 is 4.39 Å². The maximum Gasteiger partial charge on any atom is 0.393 e. The van der Waals surface area contributed by atoms with Crippen LogP contribution in [0.3, 0.4) is 0 Å². The highest BCUT2D eigenvalue weighted by atomic mass is 19.4. The van der Waals surface area contributed by atoms with Gasteiger partial charge in [-0.3, -0.25) is 24.3 Å². The molecule has 0 bridgehead atoms. The Morgan fingerprint density at radius 2 is 1.84 bits per heavy atom. The van der Waals surface area contributed by atoms with Crippen molar-refractivity contribution >= 4 is 34.7 Å². The molecule has 2 N–H and O–H groups in total. The molecule has 230 valence electrons. The zero-order valence-electron chi connectivity index (χ0n) is 24.0. The van der Waals surface area contributed by atoms with Crippen molar-refractivity contribution in [3.63, 3.8) is 0 Å². The molecule has 1 aromatic carbocycles. The Bertz CT molecular complexity index is 1420. The minimum absolute atomic E-state index is 0.0619. The van der Waals surface area contributed by atoms with Crippen LogP contribution < -0.4 is 15.5 Å². The second-order valence-electron chi connectivity index (χ2n) is 11.4. The zero-order valence-corrected chi connectivity index (χ0v) is 24.0. The van der Waals surface area contributed by atoms with Gasteiger partial charge in [0.05, 0.1) is 29.4 Å². The van der Waals surface area contributed by atoms with Gasteiger partial charge in [-0.05, 0) is 38.6 Å². The number of rotatable bonds is 5. The number of likely N-dealkylation sites (N-methyl/N-ethyl adjacent to an activating group) is 1. The van der Waals surface area contributed by atoms with Crippen LogP contribution in [0, 0.1) is 17.7 Å². The highest BCUT2D eigenvalue weighted by Gasteiger charge is 2.50. The van der Waals surface area contributed by atoms with Gasteiger partial charge in [0.2, 0.25) is 11.8 Å². The number of benzene rings is 1. The Morgan fingerprint density at radius 3 is 2.49 bits per heavy atom. The Balaban J connectivity index is 1.46. The molecule has 4 heterocycles. The third kappa shape index (κ3) is 6.33. The second-order valence-corrected chi connectivity index (χ2v) is 11.4. The topological polar surface area (TPSA) is 111 Å². The monoisotopic (exact) mass is 603 g/mol. The summed E-state index contributed by atoms with van der Waals surface area (Å²) in [6.07, 6.45) is 0.257. The van der Waals surface area contributed by atoms with Crippen molar-refractivity contribution < 1.29 is 31.9 Å². The number of nitrogens with zero attached hydrogens (tertiary/aromatic N) is 5. The number of hydrogen-bond donors (Lipinski definition) is 2. The molecule has 3 aliphatic rings. The molecule has 4 atom stereocenters. The third-order valence-corrected chi connectivity index (χ3v) is 8.55. The van der Waals surface area contributed by atoms with Crippen LogP contribution in [0.2, 0.25) is 0 Å². The van der Waals surface area contributed by atoms with E-state index in [4.69, 9.17) is 0 Å². The number of amides is 3. The van der Waals surface area contributed by atoms with Crippen LogP contribution in [0.4, 0.5) is 28.9 Å². The molecule has 3 aliphatic heterocycles. The number of hydrogen-bond acceptors (Lipinski definition) is 7. The predicted octanol–water partition coefficient (Wildman–Crippen LogP) is 2.94. The lowest BCUT2D eigenvalue weighted by Crippen LogP contribution is -2.55. The fourth-order valence-corrected chi connectivity index (χ4v) is 5.87. The predicted molar refractivity (Wildman–Crippen MR) is 151 cm³/mol. The molecule has 2 aromatic rings. The molecule has 0 spiro atoms. The van der Waals surface area contributed by atoms with Crippen molar-refractivity contribution in [3.8, 4) is 0 Å². The van der Waals surface area contributed by atoms with Gasteiger partial charge in [0.1, 0.15) is 11.5 Å². The molecule has 2 unspecified atom stereocenters. The second kappa shape index (κ2) is 11.9. The van der Waals surface area contributed by atoms with Gasteiger partial charge in [0.15, 0.2) is 0 Å². The summed E-state index contributed by atoms with van der Waals surface area (Å²) < 4.78 is 57.3. The maximum absolute atomic E-state index is 15.8. The van der Waals surface area contributed by atoms with Gasteiger partial charge in [-0.1, -0.05) is 6.08 Å². The van der Waals surface area contributed by atoms with E-state index < -0.39 is 48.6 Å². The fourth-order valence-electron chi connectivity index (χ4n) is 5.87. The Kier molecular flexibility index (Phi) is 8.41. The molecule has 0 radical (unpaired) electrons. The molecule has 43 heavy (non-hydrogen) atoms. The number of alkyl halides is 3. The van der Waals surface area contributed by atoms with E-state index in [-0.39, 0.29) is 48.0 Å². The van der Waals surface area contributed by atoms with E-state index in [0.717, 1.165) is 0 Å². The summed E-state index contributed by atoms with van der Waals surface area (Å²) in [6, 6.07) is 2.86. The third-order valence-electron chi connectivity index (χ3n) is 8.55. The number of piperidine rings is 1. The van der Waals surface area contributed by atoms with Crippen LogP contribution in [0.25, 0.3) is 5.57 Å². The van der Waals surface area contributed by atoms with Crippen molar-refractivity contribution in [1.82, 2.24) is 25.1 Å². The number of halogens is 4. The van der Waals surface area contributed by atoms with Gasteiger partial charge in [0, 0.05) is 69.2 Å². The molecular formula is C29H33F4N7O3. The van der Waals surface area contributed by atoms with E-state index in [9.17, 15) is 27.6 Å². The molecule has 10 nitrogen and oxygen atoms in total. The molecule has 2 fully saturated rings. The number of carbonyl (C=O) groups excluding carboxylic acids is 3. The molecule has 1 aromatic heterocycles. The van der Waals surface area contributed by atoms with E-state index in [1.54, 1.807) is 6.08 Å². The van der Waals surface area contributed by atoms with Crippen LogP contribution in [-0.2, 0) is 9.59 Å². The van der Waals surface area contributed by atoms with E-state index in [1.165, 1.54) is 35.6 Å². The summed E-state index contributed by atoms with van der Waals surface area (Å²) in [5.41, 5.74) is 1.24. The smallest absolute Gasteiger partial charge is 0.367 e. The maximum atomic E-state index is 15.8. The van der Waals surface area contributed by atoms with Crippen molar-refractivity contribution in [2.24, 2.45) is 11.8 Å². The average molecular weight is 604 g/mol. The van der Waals surface area contributed by atoms with E-state index in [2.05, 4.69) is 25.5 Å². The molecular weight excluding hydrogens is 570 g/mol. The van der Waals surface area contributed by atoms with Crippen LogP contribution in [0.5, 0.6) is 0 Å². The van der Waals surface area contributed by atoms with Gasteiger partial charge in [-0.2, -0.15) is 13.2 Å². The van der Waals surface area contributed by atoms with Crippen molar-refractivity contribution in [2.45, 2.75) is 38.5 Å². The summed E-state index contributed by atoms with van der Waals surface area (Å²) in [5, 5.41) is 5.01. The van der Waals surface area contributed by atoms with Gasteiger partial charge in [0.25, 0.3) is 5.91 Å². The highest BCUT2D eigenvalue weighted by molar-refractivity contribution is 5.99. The van der Waals surface area contributed by atoms with E-state index in [1.807, 2.05) is 25.8 Å².